The van der Waals surface area contributed by atoms with Gasteiger partial charge in [-0.15, -0.1) is 0 Å². The molecule has 1 N–H and O–H groups in total. The summed E-state index contributed by atoms with van der Waals surface area (Å²) in [5, 5.41) is 3.55. The van der Waals surface area contributed by atoms with E-state index in [4.69, 9.17) is 0 Å². The molecule has 0 radical (unpaired) electrons. The topological polar surface area (TPSA) is 15.3 Å². The van der Waals surface area contributed by atoms with Gasteiger partial charge in [-0.2, -0.15) is 0 Å². The van der Waals surface area contributed by atoms with E-state index in [-0.39, 0.29) is 0 Å². The third-order valence-corrected chi connectivity index (χ3v) is 4.29. The number of nitrogens with zero attached hydrogens (tertiary/aromatic N) is 1. The highest BCUT2D eigenvalue weighted by Crippen LogP contribution is 2.30. The number of hydrogen-bond acceptors (Lipinski definition) is 2. The van der Waals surface area contributed by atoms with Gasteiger partial charge in [-0.05, 0) is 43.0 Å². The first kappa shape index (κ1) is 14.0. The molecule has 0 saturated carbocycles. The van der Waals surface area contributed by atoms with Crippen LogP contribution in [0.25, 0.3) is 0 Å². The normalized spacial score (nSPS) is 19.0. The zero-order chi connectivity index (χ0) is 14.7. The molecule has 2 unspecified atom stereocenters. The largest absolute Gasteiger partial charge is 0.383 e. The predicted octanol–water partition coefficient (Wildman–Crippen LogP) is 4.19. The van der Waals surface area contributed by atoms with Crippen molar-refractivity contribution in [2.24, 2.45) is 5.92 Å². The molecule has 2 aromatic carbocycles. The fourth-order valence-electron chi connectivity index (χ4n) is 3.19. The van der Waals surface area contributed by atoms with Crippen molar-refractivity contribution in [3.05, 3.63) is 60.2 Å². The highest BCUT2D eigenvalue weighted by molar-refractivity contribution is 5.57. The zero-order valence-corrected chi connectivity index (χ0v) is 12.9. The van der Waals surface area contributed by atoms with Crippen molar-refractivity contribution in [2.45, 2.75) is 26.3 Å². The number of benzene rings is 2. The summed E-state index contributed by atoms with van der Waals surface area (Å²) in [6, 6.07) is 19.8. The zero-order valence-electron chi connectivity index (χ0n) is 12.9. The number of hydrogen-bond donors (Lipinski definition) is 1. The maximum absolute atomic E-state index is 3.55. The molecular weight excluding hydrogens is 256 g/mol. The summed E-state index contributed by atoms with van der Waals surface area (Å²) in [7, 11) is 0. The smallest absolute Gasteiger partial charge is 0.0434 e. The second kappa shape index (κ2) is 6.21. The average molecular weight is 280 g/mol. The van der Waals surface area contributed by atoms with E-state index in [0.717, 1.165) is 19.0 Å². The van der Waals surface area contributed by atoms with E-state index < -0.39 is 0 Å². The predicted molar refractivity (Wildman–Crippen MR) is 91.0 cm³/mol. The number of rotatable bonds is 4. The van der Waals surface area contributed by atoms with Crippen LogP contribution in [0.15, 0.2) is 54.6 Å². The van der Waals surface area contributed by atoms with Gasteiger partial charge in [0.15, 0.2) is 0 Å². The third kappa shape index (κ3) is 3.21. The average Bonchev–Trinajstić information content (AvgIpc) is 2.52. The molecule has 110 valence electrons. The van der Waals surface area contributed by atoms with Gasteiger partial charge in [0.05, 0.1) is 0 Å². The molecule has 2 atom stereocenters. The minimum atomic E-state index is 0.481. The lowest BCUT2D eigenvalue weighted by Gasteiger charge is -2.39. The van der Waals surface area contributed by atoms with Crippen LogP contribution in [0, 0.1) is 5.92 Å². The van der Waals surface area contributed by atoms with Crippen LogP contribution in [0.3, 0.4) is 0 Å². The number of fused-ring (bicyclic) bond motifs is 1. The molecule has 2 aromatic rings. The number of anilines is 2. The Labute approximate surface area is 127 Å². The van der Waals surface area contributed by atoms with Crippen molar-refractivity contribution in [1.82, 2.24) is 0 Å². The van der Waals surface area contributed by atoms with Crippen LogP contribution in [0.1, 0.15) is 19.4 Å². The standard InChI is InChI=1S/C19H24N2/c1-15-12-17-8-6-7-11-19(17)21(14-15)16(2)13-20-18-9-4-3-5-10-18/h3-11,15-16,20H,12-14H2,1-2H3. The summed E-state index contributed by atoms with van der Waals surface area (Å²) >= 11 is 0. The van der Waals surface area contributed by atoms with Gasteiger partial charge < -0.3 is 10.2 Å². The van der Waals surface area contributed by atoms with Gasteiger partial charge in [0, 0.05) is 30.5 Å². The maximum atomic E-state index is 3.55. The summed E-state index contributed by atoms with van der Waals surface area (Å²) in [6.45, 7) is 6.77. The molecule has 0 saturated heterocycles. The van der Waals surface area contributed by atoms with Crippen LogP contribution < -0.4 is 10.2 Å². The summed E-state index contributed by atoms with van der Waals surface area (Å²) in [4.78, 5) is 2.55. The van der Waals surface area contributed by atoms with Gasteiger partial charge in [-0.1, -0.05) is 43.3 Å². The van der Waals surface area contributed by atoms with Gasteiger partial charge in [-0.3, -0.25) is 0 Å². The molecule has 1 aliphatic heterocycles. The van der Waals surface area contributed by atoms with E-state index in [1.165, 1.54) is 23.4 Å². The second-order valence-corrected chi connectivity index (χ2v) is 6.19. The second-order valence-electron chi connectivity index (χ2n) is 6.19. The lowest BCUT2D eigenvalue weighted by atomic mass is 9.93. The summed E-state index contributed by atoms with van der Waals surface area (Å²) < 4.78 is 0. The van der Waals surface area contributed by atoms with Crippen LogP contribution in [0.5, 0.6) is 0 Å². The lowest BCUT2D eigenvalue weighted by molar-refractivity contribution is 0.500. The minimum Gasteiger partial charge on any atom is -0.383 e. The Morgan fingerprint density at radius 2 is 1.81 bits per heavy atom. The summed E-state index contributed by atoms with van der Waals surface area (Å²) in [5.74, 6) is 0.721. The molecule has 0 spiro atoms. The SMILES string of the molecule is CC1Cc2ccccc2N(C(C)CNc2ccccc2)C1. The van der Waals surface area contributed by atoms with E-state index in [2.05, 4.69) is 78.7 Å². The van der Waals surface area contributed by atoms with Crippen LogP contribution in [0.2, 0.25) is 0 Å². The molecule has 1 aliphatic rings. The molecule has 3 rings (SSSR count). The Balaban J connectivity index is 1.71. The highest BCUT2D eigenvalue weighted by atomic mass is 15.2. The van der Waals surface area contributed by atoms with Crippen molar-refractivity contribution in [3.8, 4) is 0 Å². The Morgan fingerprint density at radius 3 is 2.62 bits per heavy atom. The molecule has 1 heterocycles. The van der Waals surface area contributed by atoms with E-state index in [1.807, 2.05) is 0 Å². The fourth-order valence-corrected chi connectivity index (χ4v) is 3.19. The van der Waals surface area contributed by atoms with Gasteiger partial charge in [0.2, 0.25) is 0 Å². The van der Waals surface area contributed by atoms with Gasteiger partial charge in [-0.25, -0.2) is 0 Å². The molecule has 2 nitrogen and oxygen atoms in total. The summed E-state index contributed by atoms with van der Waals surface area (Å²) in [5.41, 5.74) is 4.10. The van der Waals surface area contributed by atoms with Crippen molar-refractivity contribution < 1.29 is 0 Å². The maximum Gasteiger partial charge on any atom is 0.0434 e. The van der Waals surface area contributed by atoms with Crippen molar-refractivity contribution in [3.63, 3.8) is 0 Å². The van der Waals surface area contributed by atoms with Crippen LogP contribution in [0.4, 0.5) is 11.4 Å². The molecular formula is C19H24N2. The van der Waals surface area contributed by atoms with Crippen molar-refractivity contribution >= 4 is 11.4 Å². The quantitative estimate of drug-likeness (QED) is 0.903. The highest BCUT2D eigenvalue weighted by Gasteiger charge is 2.24. The number of para-hydroxylation sites is 2. The monoisotopic (exact) mass is 280 g/mol. The molecule has 0 amide bonds. The van der Waals surface area contributed by atoms with E-state index in [1.54, 1.807) is 0 Å². The van der Waals surface area contributed by atoms with Gasteiger partial charge in [0.1, 0.15) is 0 Å². The molecule has 0 bridgehead atoms. The Bertz CT molecular complexity index is 579. The molecule has 2 heteroatoms. The lowest BCUT2D eigenvalue weighted by Crippen LogP contribution is -2.43. The van der Waals surface area contributed by atoms with Crippen molar-refractivity contribution in [1.29, 1.82) is 0 Å². The molecule has 0 aromatic heterocycles. The van der Waals surface area contributed by atoms with Crippen LogP contribution >= 0.6 is 0 Å². The minimum absolute atomic E-state index is 0.481. The first-order chi connectivity index (χ1) is 10.2. The first-order valence-electron chi connectivity index (χ1n) is 7.87. The van der Waals surface area contributed by atoms with Crippen molar-refractivity contribution in [2.75, 3.05) is 23.3 Å². The first-order valence-corrected chi connectivity index (χ1v) is 7.87. The molecule has 0 fully saturated rings. The Kier molecular flexibility index (Phi) is 4.14. The summed E-state index contributed by atoms with van der Waals surface area (Å²) in [6.07, 6.45) is 1.20. The fraction of sp³-hybridized carbons (Fsp3) is 0.368. The Morgan fingerprint density at radius 1 is 1.10 bits per heavy atom. The van der Waals surface area contributed by atoms with E-state index >= 15 is 0 Å². The number of nitrogens with one attached hydrogen (secondary N) is 1. The Hall–Kier alpha value is -1.96. The van der Waals surface area contributed by atoms with Crippen LogP contribution in [-0.2, 0) is 6.42 Å². The molecule has 21 heavy (non-hydrogen) atoms. The van der Waals surface area contributed by atoms with Crippen LogP contribution in [-0.4, -0.2) is 19.1 Å². The third-order valence-electron chi connectivity index (χ3n) is 4.29. The molecule has 0 aliphatic carbocycles. The van der Waals surface area contributed by atoms with E-state index in [0.29, 0.717) is 6.04 Å². The van der Waals surface area contributed by atoms with Gasteiger partial charge >= 0.3 is 0 Å². The van der Waals surface area contributed by atoms with E-state index in [9.17, 15) is 0 Å². The van der Waals surface area contributed by atoms with Gasteiger partial charge in [0.25, 0.3) is 0 Å².